The van der Waals surface area contributed by atoms with Crippen LogP contribution in [0.5, 0.6) is 5.75 Å². The van der Waals surface area contributed by atoms with Crippen molar-refractivity contribution in [3.63, 3.8) is 0 Å². The number of fused-ring (bicyclic) bond motifs is 1. The zero-order chi connectivity index (χ0) is 29.6. The average Bonchev–Trinajstić information content (AvgIpc) is 3.24. The number of ether oxygens (including phenoxy) is 2. The summed E-state index contributed by atoms with van der Waals surface area (Å²) >= 11 is 6.41. The largest absolute Gasteiger partial charge is 0.492 e. The third-order valence-electron chi connectivity index (χ3n) is 6.41. The molecule has 13 heteroatoms. The maximum Gasteiger partial charge on any atom is 0.410 e. The summed E-state index contributed by atoms with van der Waals surface area (Å²) in [7, 11) is 0. The fraction of sp³-hybridized carbons (Fsp3) is 0.464. The highest BCUT2D eigenvalue weighted by Gasteiger charge is 2.33. The number of rotatable bonds is 10. The van der Waals surface area contributed by atoms with Crippen molar-refractivity contribution in [2.24, 2.45) is 0 Å². The molecule has 1 aromatic carbocycles. The third kappa shape index (κ3) is 8.00. The van der Waals surface area contributed by atoms with Gasteiger partial charge in [0.1, 0.15) is 29.3 Å². The molecular formula is C28H35ClN6O6. The van der Waals surface area contributed by atoms with Crippen LogP contribution in [0.3, 0.4) is 0 Å². The van der Waals surface area contributed by atoms with E-state index < -0.39 is 11.6 Å². The van der Waals surface area contributed by atoms with Gasteiger partial charge < -0.3 is 35.0 Å². The number of carbonyl (C=O) groups excluding carboxylic acids is 2. The van der Waals surface area contributed by atoms with Gasteiger partial charge in [-0.2, -0.15) is 0 Å². The first-order chi connectivity index (χ1) is 19.5. The maximum absolute atomic E-state index is 12.9. The number of amides is 2. The van der Waals surface area contributed by atoms with Crippen LogP contribution in [0.2, 0.25) is 5.02 Å². The second-order valence-electron chi connectivity index (χ2n) is 10.7. The number of hydrogen-bond donors (Lipinski definition) is 3. The Labute approximate surface area is 243 Å². The van der Waals surface area contributed by atoms with Crippen LogP contribution in [0.1, 0.15) is 52.0 Å². The molecule has 1 fully saturated rings. The molecule has 2 aliphatic rings. The van der Waals surface area contributed by atoms with E-state index in [0.717, 1.165) is 12.8 Å². The fourth-order valence-corrected chi connectivity index (χ4v) is 4.65. The number of benzene rings is 1. The summed E-state index contributed by atoms with van der Waals surface area (Å²) in [4.78, 5) is 48.3. The van der Waals surface area contributed by atoms with Crippen LogP contribution >= 0.6 is 11.6 Å². The van der Waals surface area contributed by atoms with Crippen molar-refractivity contribution in [2.45, 2.75) is 52.1 Å². The van der Waals surface area contributed by atoms with Gasteiger partial charge in [-0.25, -0.2) is 14.8 Å². The van der Waals surface area contributed by atoms with Gasteiger partial charge >= 0.3 is 12.1 Å². The van der Waals surface area contributed by atoms with Gasteiger partial charge in [0, 0.05) is 44.5 Å². The molecule has 2 aliphatic heterocycles. The minimum absolute atomic E-state index is 0.150. The number of hydrogen-bond acceptors (Lipinski definition) is 9. The molecular weight excluding hydrogens is 552 g/mol. The number of piperazine rings is 1. The Hall–Kier alpha value is -4.06. The lowest BCUT2D eigenvalue weighted by molar-refractivity contribution is -0.137. The van der Waals surface area contributed by atoms with E-state index in [-0.39, 0.29) is 18.4 Å². The molecule has 41 heavy (non-hydrogen) atoms. The lowest BCUT2D eigenvalue weighted by Crippen LogP contribution is -2.50. The Balaban J connectivity index is 1.40. The van der Waals surface area contributed by atoms with Crippen molar-refractivity contribution >= 4 is 52.5 Å². The molecule has 1 saturated heterocycles. The number of aliphatic carboxylic acids is 1. The van der Waals surface area contributed by atoms with Crippen molar-refractivity contribution in [3.8, 4) is 5.75 Å². The van der Waals surface area contributed by atoms with Gasteiger partial charge in [0.05, 0.1) is 22.8 Å². The molecule has 0 unspecified atom stereocenters. The Morgan fingerprint density at radius 2 is 1.90 bits per heavy atom. The van der Waals surface area contributed by atoms with Crippen LogP contribution in [-0.4, -0.2) is 76.3 Å². The van der Waals surface area contributed by atoms with Crippen molar-refractivity contribution in [1.29, 1.82) is 0 Å². The molecule has 3 heterocycles. The Morgan fingerprint density at radius 1 is 1.15 bits per heavy atom. The van der Waals surface area contributed by atoms with E-state index >= 15 is 0 Å². The van der Waals surface area contributed by atoms with E-state index in [2.05, 4.69) is 20.6 Å². The highest BCUT2D eigenvalue weighted by molar-refractivity contribution is 6.33. The Bertz CT molecular complexity index is 1320. The average molecular weight is 587 g/mol. The first-order valence-corrected chi connectivity index (χ1v) is 13.9. The lowest BCUT2D eigenvalue weighted by atomic mass is 10.1. The summed E-state index contributed by atoms with van der Waals surface area (Å²) in [6, 6.07) is 5.22. The smallest absolute Gasteiger partial charge is 0.410 e. The van der Waals surface area contributed by atoms with Gasteiger partial charge in [0.15, 0.2) is 0 Å². The van der Waals surface area contributed by atoms with Gasteiger partial charge in [-0.15, -0.1) is 0 Å². The van der Waals surface area contributed by atoms with E-state index in [1.54, 1.807) is 29.3 Å². The second-order valence-corrected chi connectivity index (χ2v) is 11.1. The minimum atomic E-state index is -0.799. The molecule has 0 aliphatic carbocycles. The van der Waals surface area contributed by atoms with Crippen LogP contribution in [0.4, 0.5) is 22.1 Å². The summed E-state index contributed by atoms with van der Waals surface area (Å²) in [5.74, 6) is 0.444. The first kappa shape index (κ1) is 29.9. The van der Waals surface area contributed by atoms with Crippen LogP contribution in [0.15, 0.2) is 30.7 Å². The van der Waals surface area contributed by atoms with Gasteiger partial charge in [0.25, 0.3) is 5.91 Å². The van der Waals surface area contributed by atoms with E-state index in [0.29, 0.717) is 78.4 Å². The number of nitrogens with zero attached hydrogens (tertiary/aromatic N) is 4. The second kappa shape index (κ2) is 13.1. The number of aromatic nitrogens is 2. The molecule has 0 spiro atoms. The molecule has 0 radical (unpaired) electrons. The molecule has 1 aromatic heterocycles. The summed E-state index contributed by atoms with van der Waals surface area (Å²) in [6.45, 7) is 7.91. The molecule has 0 atom stereocenters. The molecule has 3 N–H and O–H groups in total. The quantitative estimate of drug-likeness (QED) is 0.266. The predicted octanol–water partition coefficient (Wildman–Crippen LogP) is 4.62. The van der Waals surface area contributed by atoms with E-state index in [1.165, 1.54) is 6.33 Å². The first-order valence-electron chi connectivity index (χ1n) is 13.5. The van der Waals surface area contributed by atoms with E-state index in [4.69, 9.17) is 26.2 Å². The number of unbranched alkanes of at least 4 members (excludes halogenated alkanes) is 2. The maximum atomic E-state index is 12.9. The summed E-state index contributed by atoms with van der Waals surface area (Å²) < 4.78 is 11.2. The summed E-state index contributed by atoms with van der Waals surface area (Å²) in [5, 5.41) is 15.0. The lowest BCUT2D eigenvalue weighted by Gasteiger charge is -2.36. The van der Waals surface area contributed by atoms with Crippen LogP contribution in [-0.2, 0) is 14.3 Å². The Kier molecular flexibility index (Phi) is 9.53. The van der Waals surface area contributed by atoms with Crippen molar-refractivity contribution in [2.75, 3.05) is 48.3 Å². The van der Waals surface area contributed by atoms with Gasteiger partial charge in [-0.1, -0.05) is 11.6 Å². The number of carbonyl (C=O) groups is 3. The molecule has 2 aromatic rings. The number of carboxylic acid groups (broad SMARTS) is 1. The molecule has 0 saturated carbocycles. The topological polar surface area (TPSA) is 146 Å². The molecule has 4 rings (SSSR count). The zero-order valence-electron chi connectivity index (χ0n) is 23.4. The summed E-state index contributed by atoms with van der Waals surface area (Å²) in [6.07, 6.45) is 4.90. The van der Waals surface area contributed by atoms with E-state index in [9.17, 15) is 14.4 Å². The highest BCUT2D eigenvalue weighted by Crippen LogP contribution is 2.37. The van der Waals surface area contributed by atoms with Crippen LogP contribution in [0, 0.1) is 0 Å². The third-order valence-corrected chi connectivity index (χ3v) is 6.71. The van der Waals surface area contributed by atoms with Crippen LogP contribution in [0.25, 0.3) is 5.57 Å². The number of nitrogens with one attached hydrogen (secondary N) is 2. The minimum Gasteiger partial charge on any atom is -0.492 e. The zero-order valence-corrected chi connectivity index (χ0v) is 24.2. The standard InChI is InChI=1S/C28H35ClN6O6/c1-28(2,3)41-27(39)35-12-10-34(11-13-35)25-23-19(26(38)33-24(23)31-17-32-25)16-30-18-8-9-21(20(29)15-18)40-14-6-4-5-7-22(36)37/h8-9,15-17,30H,4-7,10-14H2,1-3H3,(H,36,37)(H,31,32,33,38)/b19-16-. The predicted molar refractivity (Wildman–Crippen MR) is 155 cm³/mol. The summed E-state index contributed by atoms with van der Waals surface area (Å²) in [5.41, 5.74) is 1.05. The highest BCUT2D eigenvalue weighted by atomic mass is 35.5. The molecule has 2 amide bonds. The van der Waals surface area contributed by atoms with Gasteiger partial charge in [0.2, 0.25) is 0 Å². The van der Waals surface area contributed by atoms with Crippen molar-refractivity contribution in [3.05, 3.63) is 41.3 Å². The monoisotopic (exact) mass is 586 g/mol. The number of halogens is 1. The normalized spacial score (nSPS) is 15.9. The molecule has 220 valence electrons. The van der Waals surface area contributed by atoms with Crippen molar-refractivity contribution in [1.82, 2.24) is 14.9 Å². The molecule has 12 nitrogen and oxygen atoms in total. The number of carboxylic acids is 1. The fourth-order valence-electron chi connectivity index (χ4n) is 4.41. The van der Waals surface area contributed by atoms with Crippen LogP contribution < -0.4 is 20.3 Å². The van der Waals surface area contributed by atoms with Gasteiger partial charge in [-0.3, -0.25) is 9.59 Å². The SMILES string of the molecule is CC(C)(C)OC(=O)N1CCN(c2ncnc3c2/C(=C/Nc2ccc(OCCCCCC(=O)O)c(Cl)c2)C(=O)N3)CC1. The van der Waals surface area contributed by atoms with Gasteiger partial charge in [-0.05, 0) is 58.2 Å². The molecule has 0 bridgehead atoms. The van der Waals surface area contributed by atoms with E-state index in [1.807, 2.05) is 25.7 Å². The number of anilines is 3. The Morgan fingerprint density at radius 3 is 2.59 bits per heavy atom. The van der Waals surface area contributed by atoms with Crippen molar-refractivity contribution < 1.29 is 29.0 Å².